The Labute approximate surface area is 264 Å². The second kappa shape index (κ2) is 12.8. The Hall–Kier alpha value is -5.79. The van der Waals surface area contributed by atoms with E-state index in [0.717, 1.165) is 49.4 Å². The van der Waals surface area contributed by atoms with Crippen LogP contribution >= 0.6 is 11.3 Å². The number of para-hydroxylation sites is 1. The highest BCUT2D eigenvalue weighted by molar-refractivity contribution is 7.14. The number of benzene rings is 6. The van der Waals surface area contributed by atoms with Crippen LogP contribution in [-0.4, -0.2) is 17.1 Å². The average molecular weight is 605 g/mol. The van der Waals surface area contributed by atoms with Gasteiger partial charge in [0.2, 0.25) is 0 Å². The molecule has 0 aliphatic rings. The van der Waals surface area contributed by atoms with E-state index in [1.54, 1.807) is 18.3 Å². The van der Waals surface area contributed by atoms with E-state index in [2.05, 4.69) is 45.1 Å². The van der Waals surface area contributed by atoms with Gasteiger partial charge in [0.05, 0.1) is 11.9 Å². The summed E-state index contributed by atoms with van der Waals surface area (Å²) in [5.74, 6) is 0.384. The third-order valence-electron chi connectivity index (χ3n) is 7.53. The second-order valence-electron chi connectivity index (χ2n) is 10.4. The van der Waals surface area contributed by atoms with Gasteiger partial charge < -0.3 is 10.1 Å². The van der Waals surface area contributed by atoms with Gasteiger partial charge in [-0.2, -0.15) is 5.10 Å². The van der Waals surface area contributed by atoms with Crippen LogP contribution in [0.25, 0.3) is 32.8 Å². The van der Waals surface area contributed by atoms with Crippen LogP contribution in [0.3, 0.4) is 0 Å². The van der Waals surface area contributed by atoms with Crippen LogP contribution < -0.4 is 15.5 Å². The number of amides is 1. The van der Waals surface area contributed by atoms with E-state index in [9.17, 15) is 4.79 Å². The molecule has 0 atom stereocenters. The Morgan fingerprint density at radius 3 is 2.29 bits per heavy atom. The summed E-state index contributed by atoms with van der Waals surface area (Å²) in [5, 5.41) is 14.8. The molecule has 6 aromatic carbocycles. The van der Waals surface area contributed by atoms with Gasteiger partial charge in [-0.25, -0.2) is 10.4 Å². The van der Waals surface area contributed by atoms with Crippen molar-refractivity contribution < 1.29 is 9.53 Å². The molecule has 7 heteroatoms. The van der Waals surface area contributed by atoms with Crippen LogP contribution in [-0.2, 0) is 6.61 Å². The topological polar surface area (TPSA) is 75.6 Å². The number of carbonyl (C=O) groups is 1. The molecule has 1 amide bonds. The predicted octanol–water partition coefficient (Wildman–Crippen LogP) is 9.20. The van der Waals surface area contributed by atoms with Gasteiger partial charge in [0.1, 0.15) is 12.4 Å². The van der Waals surface area contributed by atoms with Gasteiger partial charge in [0.15, 0.2) is 5.13 Å². The van der Waals surface area contributed by atoms with E-state index in [1.807, 2.05) is 102 Å². The third kappa shape index (κ3) is 6.30. The number of carbonyl (C=O) groups excluding carboxylic acids is 1. The molecule has 0 saturated heterocycles. The van der Waals surface area contributed by atoms with Crippen LogP contribution in [0.1, 0.15) is 21.5 Å². The zero-order valence-corrected chi connectivity index (χ0v) is 25.0. The minimum atomic E-state index is -0.305. The van der Waals surface area contributed by atoms with Gasteiger partial charge in [0.25, 0.3) is 5.91 Å². The number of hydrogen-bond acceptors (Lipinski definition) is 6. The maximum atomic E-state index is 13.0. The molecule has 1 aromatic heterocycles. The summed E-state index contributed by atoms with van der Waals surface area (Å²) >= 11 is 1.53. The molecular weight excluding hydrogens is 577 g/mol. The number of aromatic nitrogens is 1. The van der Waals surface area contributed by atoms with Gasteiger partial charge in [-0.15, -0.1) is 11.3 Å². The normalized spacial score (nSPS) is 11.2. The van der Waals surface area contributed by atoms with Crippen molar-refractivity contribution in [3.8, 4) is 17.0 Å². The van der Waals surface area contributed by atoms with Gasteiger partial charge >= 0.3 is 0 Å². The molecule has 45 heavy (non-hydrogen) atoms. The summed E-state index contributed by atoms with van der Waals surface area (Å²) in [6.45, 7) is 0.405. The fourth-order valence-corrected chi connectivity index (χ4v) is 5.97. The number of hydrazone groups is 1. The minimum absolute atomic E-state index is 0.305. The summed E-state index contributed by atoms with van der Waals surface area (Å²) in [4.78, 5) is 17.7. The molecule has 0 aliphatic heterocycles. The fraction of sp³-hybridized carbons (Fsp3) is 0.0263. The first kappa shape index (κ1) is 28.0. The zero-order valence-electron chi connectivity index (χ0n) is 24.2. The van der Waals surface area contributed by atoms with Gasteiger partial charge in [-0.05, 0) is 57.4 Å². The number of ether oxygens (including phenoxy) is 1. The molecule has 0 aliphatic carbocycles. The summed E-state index contributed by atoms with van der Waals surface area (Å²) in [6.07, 6.45) is 1.66. The number of fused-ring (bicyclic) bond motifs is 2. The first-order valence-electron chi connectivity index (χ1n) is 14.5. The summed E-state index contributed by atoms with van der Waals surface area (Å²) in [7, 11) is 0. The van der Waals surface area contributed by atoms with Crippen molar-refractivity contribution in [2.24, 2.45) is 5.10 Å². The number of anilines is 2. The largest absolute Gasteiger partial charge is 0.488 e. The van der Waals surface area contributed by atoms with E-state index >= 15 is 0 Å². The van der Waals surface area contributed by atoms with Crippen molar-refractivity contribution >= 4 is 55.8 Å². The molecule has 7 aromatic rings. The standard InChI is InChI=1S/C38H28N4O2S/c43-37(29-19-17-28(18-20-29)35-25-45-38(41-35)40-31-13-2-1-3-14-31)42-39-23-34-33-16-7-5-10-27(33)21-22-36(34)44-24-30-12-8-11-26-9-4-6-15-32(26)30/h1-23,25H,24H2,(H,40,41)(H,42,43)/b39-23-. The lowest BCUT2D eigenvalue weighted by molar-refractivity contribution is 0.0955. The third-order valence-corrected chi connectivity index (χ3v) is 8.28. The number of nitrogens with one attached hydrogen (secondary N) is 2. The Kier molecular flexibility index (Phi) is 7.99. The lowest BCUT2D eigenvalue weighted by Gasteiger charge is -2.13. The quantitative estimate of drug-likeness (QED) is 0.127. The molecule has 7 rings (SSSR count). The van der Waals surface area contributed by atoms with Crippen molar-refractivity contribution in [1.82, 2.24) is 10.4 Å². The highest BCUT2D eigenvalue weighted by Crippen LogP contribution is 2.29. The molecule has 0 unspecified atom stereocenters. The SMILES string of the molecule is O=C(N/N=C\c1c(OCc2cccc3ccccc23)ccc2ccccc12)c1ccc(-c2csc(Nc3ccccc3)n2)cc1. The van der Waals surface area contributed by atoms with Crippen LogP contribution in [0.4, 0.5) is 10.8 Å². The van der Waals surface area contributed by atoms with Crippen LogP contribution in [0.5, 0.6) is 5.75 Å². The lowest BCUT2D eigenvalue weighted by Crippen LogP contribution is -2.17. The molecule has 6 nitrogen and oxygen atoms in total. The maximum Gasteiger partial charge on any atom is 0.271 e. The molecular formula is C38H28N4O2S. The Morgan fingerprint density at radius 1 is 0.756 bits per heavy atom. The summed E-state index contributed by atoms with van der Waals surface area (Å²) in [5.41, 5.74) is 7.83. The van der Waals surface area contributed by atoms with Crippen LogP contribution in [0.15, 0.2) is 144 Å². The second-order valence-corrected chi connectivity index (χ2v) is 11.3. The molecule has 0 spiro atoms. The monoisotopic (exact) mass is 604 g/mol. The van der Waals surface area contributed by atoms with Gasteiger partial charge in [-0.3, -0.25) is 4.79 Å². The van der Waals surface area contributed by atoms with E-state index in [1.165, 1.54) is 16.7 Å². The highest BCUT2D eigenvalue weighted by Gasteiger charge is 2.11. The van der Waals surface area contributed by atoms with E-state index in [0.29, 0.717) is 17.9 Å². The molecule has 1 heterocycles. The number of thiazole rings is 1. The highest BCUT2D eigenvalue weighted by atomic mass is 32.1. The molecule has 2 N–H and O–H groups in total. The number of rotatable bonds is 9. The fourth-order valence-electron chi connectivity index (χ4n) is 5.23. The van der Waals surface area contributed by atoms with Gasteiger partial charge in [-0.1, -0.05) is 103 Å². The summed E-state index contributed by atoms with van der Waals surface area (Å²) < 4.78 is 6.36. The van der Waals surface area contributed by atoms with Crippen molar-refractivity contribution in [1.29, 1.82) is 0 Å². The maximum absolute atomic E-state index is 13.0. The Morgan fingerprint density at radius 2 is 1.47 bits per heavy atom. The lowest BCUT2D eigenvalue weighted by atomic mass is 10.0. The van der Waals surface area contributed by atoms with E-state index < -0.39 is 0 Å². The van der Waals surface area contributed by atoms with E-state index in [4.69, 9.17) is 4.74 Å². The molecule has 0 bridgehead atoms. The van der Waals surface area contributed by atoms with Crippen LogP contribution in [0.2, 0.25) is 0 Å². The number of hydrogen-bond donors (Lipinski definition) is 2. The van der Waals surface area contributed by atoms with Crippen molar-refractivity contribution in [3.05, 3.63) is 156 Å². The van der Waals surface area contributed by atoms with E-state index in [-0.39, 0.29) is 5.91 Å². The molecule has 218 valence electrons. The summed E-state index contributed by atoms with van der Waals surface area (Å²) in [6, 6.07) is 43.8. The smallest absolute Gasteiger partial charge is 0.271 e. The Bertz CT molecular complexity index is 2130. The average Bonchev–Trinajstić information content (AvgIpc) is 3.56. The molecule has 0 radical (unpaired) electrons. The minimum Gasteiger partial charge on any atom is -0.488 e. The zero-order chi connectivity index (χ0) is 30.4. The van der Waals surface area contributed by atoms with Gasteiger partial charge in [0, 0.05) is 27.8 Å². The van der Waals surface area contributed by atoms with Crippen molar-refractivity contribution in [2.75, 3.05) is 5.32 Å². The number of nitrogens with zero attached hydrogens (tertiary/aromatic N) is 2. The Balaban J connectivity index is 1.06. The van der Waals surface area contributed by atoms with Crippen molar-refractivity contribution in [3.63, 3.8) is 0 Å². The first-order chi connectivity index (χ1) is 22.2. The predicted molar refractivity (Wildman–Crippen MR) is 185 cm³/mol. The first-order valence-corrected chi connectivity index (χ1v) is 15.4. The van der Waals surface area contributed by atoms with Crippen molar-refractivity contribution in [2.45, 2.75) is 6.61 Å². The molecule has 0 fully saturated rings. The molecule has 0 saturated carbocycles. The van der Waals surface area contributed by atoms with Crippen LogP contribution in [0, 0.1) is 0 Å².